The van der Waals surface area contributed by atoms with Crippen molar-refractivity contribution < 1.29 is 14.7 Å². The van der Waals surface area contributed by atoms with Gasteiger partial charge in [0.1, 0.15) is 0 Å². The first kappa shape index (κ1) is 14.6. The molecule has 1 aromatic carbocycles. The van der Waals surface area contributed by atoms with Crippen molar-refractivity contribution in [3.8, 4) is 0 Å². The second kappa shape index (κ2) is 6.08. The van der Waals surface area contributed by atoms with E-state index in [1.54, 1.807) is 49.1 Å². The molecule has 1 aromatic heterocycles. The lowest BCUT2D eigenvalue weighted by molar-refractivity contribution is -0.136. The number of carboxylic acid groups (broad SMARTS) is 1. The summed E-state index contributed by atoms with van der Waals surface area (Å²) in [6.07, 6.45) is 1.67. The number of hydrogen-bond acceptors (Lipinski definition) is 3. The van der Waals surface area contributed by atoms with Gasteiger partial charge in [-0.15, -0.1) is 0 Å². The summed E-state index contributed by atoms with van der Waals surface area (Å²) >= 11 is 0. The Morgan fingerprint density at radius 1 is 1.24 bits per heavy atom. The second-order valence-electron chi connectivity index (χ2n) is 4.65. The first-order valence-corrected chi connectivity index (χ1v) is 6.33. The summed E-state index contributed by atoms with van der Waals surface area (Å²) < 4.78 is 1.62. The van der Waals surface area contributed by atoms with Gasteiger partial charge in [-0.25, -0.2) is 4.79 Å². The fourth-order valence-corrected chi connectivity index (χ4v) is 1.89. The molecule has 0 saturated heterocycles. The number of amides is 2. The Hall–Kier alpha value is -2.83. The molecular weight excluding hydrogens is 272 g/mol. The van der Waals surface area contributed by atoms with E-state index in [4.69, 9.17) is 5.11 Å². The van der Waals surface area contributed by atoms with Gasteiger partial charge in [0.05, 0.1) is 17.8 Å². The average molecular weight is 288 g/mol. The van der Waals surface area contributed by atoms with Crippen molar-refractivity contribution in [1.82, 2.24) is 9.78 Å². The molecule has 2 rings (SSSR count). The Kier molecular flexibility index (Phi) is 4.22. The number of anilines is 2. The number of hydrogen-bond donors (Lipinski definition) is 3. The largest absolute Gasteiger partial charge is 0.481 e. The number of aryl methyl sites for hydroxylation is 2. The molecule has 7 nitrogen and oxygen atoms in total. The summed E-state index contributed by atoms with van der Waals surface area (Å²) in [6, 6.07) is 6.28. The fraction of sp³-hybridized carbons (Fsp3) is 0.214. The first-order valence-electron chi connectivity index (χ1n) is 6.33. The number of rotatable bonds is 4. The lowest BCUT2D eigenvalue weighted by Gasteiger charge is -2.07. The van der Waals surface area contributed by atoms with Crippen LogP contribution in [0.5, 0.6) is 0 Å². The third-order valence-electron chi connectivity index (χ3n) is 2.83. The third kappa shape index (κ3) is 4.07. The van der Waals surface area contributed by atoms with Crippen LogP contribution in [0.2, 0.25) is 0 Å². The van der Waals surface area contributed by atoms with Gasteiger partial charge in [0.25, 0.3) is 0 Å². The number of nitrogens with one attached hydrogen (secondary N) is 2. The van der Waals surface area contributed by atoms with Crippen molar-refractivity contribution in [2.75, 3.05) is 10.6 Å². The summed E-state index contributed by atoms with van der Waals surface area (Å²) in [5, 5.41) is 18.2. The zero-order chi connectivity index (χ0) is 15.4. The molecule has 2 amide bonds. The van der Waals surface area contributed by atoms with Gasteiger partial charge < -0.3 is 15.7 Å². The van der Waals surface area contributed by atoms with Crippen molar-refractivity contribution in [2.45, 2.75) is 13.3 Å². The van der Waals surface area contributed by atoms with Gasteiger partial charge in [0.15, 0.2) is 0 Å². The van der Waals surface area contributed by atoms with Gasteiger partial charge in [0.2, 0.25) is 0 Å². The number of carboxylic acids is 1. The van der Waals surface area contributed by atoms with Crippen LogP contribution in [0.15, 0.2) is 30.5 Å². The summed E-state index contributed by atoms with van der Waals surface area (Å²) in [7, 11) is 1.78. The van der Waals surface area contributed by atoms with E-state index >= 15 is 0 Å². The van der Waals surface area contributed by atoms with Crippen molar-refractivity contribution in [1.29, 1.82) is 0 Å². The van der Waals surface area contributed by atoms with E-state index in [1.807, 2.05) is 0 Å². The molecule has 0 fully saturated rings. The fourth-order valence-electron chi connectivity index (χ4n) is 1.89. The molecule has 0 spiro atoms. The van der Waals surface area contributed by atoms with E-state index in [9.17, 15) is 9.59 Å². The summed E-state index contributed by atoms with van der Waals surface area (Å²) in [4.78, 5) is 22.4. The molecular formula is C14H16N4O3. The number of carbonyl (C=O) groups is 2. The molecule has 3 N–H and O–H groups in total. The van der Waals surface area contributed by atoms with E-state index < -0.39 is 5.97 Å². The Balaban J connectivity index is 1.96. The Bertz CT molecular complexity index is 661. The Labute approximate surface area is 121 Å². The van der Waals surface area contributed by atoms with E-state index in [2.05, 4.69) is 15.7 Å². The van der Waals surface area contributed by atoms with Gasteiger partial charge in [-0.1, -0.05) is 12.1 Å². The van der Waals surface area contributed by atoms with Crippen molar-refractivity contribution in [2.24, 2.45) is 7.05 Å². The lowest BCUT2D eigenvalue weighted by Crippen LogP contribution is -2.19. The van der Waals surface area contributed by atoms with Crippen LogP contribution < -0.4 is 10.6 Å². The maximum Gasteiger partial charge on any atom is 0.323 e. The number of benzene rings is 1. The lowest BCUT2D eigenvalue weighted by atomic mass is 10.1. The van der Waals surface area contributed by atoms with Crippen molar-refractivity contribution >= 4 is 23.4 Å². The molecule has 0 atom stereocenters. The third-order valence-corrected chi connectivity index (χ3v) is 2.83. The van der Waals surface area contributed by atoms with E-state index in [1.165, 1.54) is 0 Å². The standard InChI is InChI=1S/C14H16N4O3/c1-9-12(8-18(2)17-9)16-14(21)15-11-5-3-10(4-6-11)7-13(19)20/h3-6,8H,7H2,1-2H3,(H,19,20)(H2,15,16,21). The first-order chi connectivity index (χ1) is 9.94. The molecule has 0 radical (unpaired) electrons. The smallest absolute Gasteiger partial charge is 0.323 e. The van der Waals surface area contributed by atoms with Crippen LogP contribution in [-0.4, -0.2) is 26.9 Å². The number of aromatic nitrogens is 2. The number of aliphatic carboxylic acids is 1. The van der Waals surface area contributed by atoms with Crippen molar-refractivity contribution in [3.63, 3.8) is 0 Å². The highest BCUT2D eigenvalue weighted by molar-refractivity contribution is 6.00. The van der Waals surface area contributed by atoms with Gasteiger partial charge in [-0.3, -0.25) is 9.48 Å². The highest BCUT2D eigenvalue weighted by atomic mass is 16.4. The van der Waals surface area contributed by atoms with E-state index in [0.717, 1.165) is 5.69 Å². The van der Waals surface area contributed by atoms with Crippen LogP contribution in [0.4, 0.5) is 16.2 Å². The SMILES string of the molecule is Cc1nn(C)cc1NC(=O)Nc1ccc(CC(=O)O)cc1. The predicted molar refractivity (Wildman–Crippen MR) is 78.4 cm³/mol. The molecule has 0 aliphatic carbocycles. The van der Waals surface area contributed by atoms with Crippen LogP contribution in [0, 0.1) is 6.92 Å². The molecule has 0 saturated carbocycles. The van der Waals surface area contributed by atoms with Crippen LogP contribution >= 0.6 is 0 Å². The molecule has 0 aliphatic heterocycles. The summed E-state index contributed by atoms with van der Waals surface area (Å²) in [6.45, 7) is 1.80. The van der Waals surface area contributed by atoms with Crippen LogP contribution in [0.25, 0.3) is 0 Å². The maximum absolute atomic E-state index is 11.9. The van der Waals surface area contributed by atoms with E-state index in [-0.39, 0.29) is 12.5 Å². The minimum absolute atomic E-state index is 0.0403. The minimum atomic E-state index is -0.888. The number of carbonyl (C=O) groups excluding carboxylic acids is 1. The Morgan fingerprint density at radius 2 is 1.90 bits per heavy atom. The molecule has 21 heavy (non-hydrogen) atoms. The zero-order valence-electron chi connectivity index (χ0n) is 11.8. The highest BCUT2D eigenvalue weighted by Gasteiger charge is 2.08. The topological polar surface area (TPSA) is 96.3 Å². The van der Waals surface area contributed by atoms with Crippen LogP contribution in [0.1, 0.15) is 11.3 Å². The second-order valence-corrected chi connectivity index (χ2v) is 4.65. The van der Waals surface area contributed by atoms with Gasteiger partial charge in [-0.2, -0.15) is 5.10 Å². The molecule has 0 bridgehead atoms. The number of urea groups is 1. The quantitative estimate of drug-likeness (QED) is 0.801. The Morgan fingerprint density at radius 3 is 2.43 bits per heavy atom. The van der Waals surface area contributed by atoms with Gasteiger partial charge in [-0.05, 0) is 24.6 Å². The van der Waals surface area contributed by atoms with Crippen LogP contribution in [0.3, 0.4) is 0 Å². The van der Waals surface area contributed by atoms with Gasteiger partial charge >= 0.3 is 12.0 Å². The highest BCUT2D eigenvalue weighted by Crippen LogP contribution is 2.13. The molecule has 2 aromatic rings. The van der Waals surface area contributed by atoms with Crippen molar-refractivity contribution in [3.05, 3.63) is 41.7 Å². The van der Waals surface area contributed by atoms with Gasteiger partial charge in [0, 0.05) is 18.9 Å². The minimum Gasteiger partial charge on any atom is -0.481 e. The average Bonchev–Trinajstić information content (AvgIpc) is 2.69. The predicted octanol–water partition coefficient (Wildman–Crippen LogP) is 2.00. The summed E-state index contributed by atoms with van der Waals surface area (Å²) in [5.41, 5.74) is 2.63. The monoisotopic (exact) mass is 288 g/mol. The van der Waals surface area contributed by atoms with E-state index in [0.29, 0.717) is 16.9 Å². The maximum atomic E-state index is 11.9. The normalized spacial score (nSPS) is 10.2. The molecule has 0 aliphatic rings. The number of nitrogens with zero attached hydrogens (tertiary/aromatic N) is 2. The summed E-state index contributed by atoms with van der Waals surface area (Å²) in [5.74, 6) is -0.888. The van der Waals surface area contributed by atoms with Crippen LogP contribution in [-0.2, 0) is 18.3 Å². The molecule has 1 heterocycles. The zero-order valence-corrected chi connectivity index (χ0v) is 11.8. The molecule has 110 valence electrons. The molecule has 0 unspecified atom stereocenters. The molecule has 7 heteroatoms.